The molecule has 1 unspecified atom stereocenters. The number of nitrogens with one attached hydrogen (secondary N) is 1. The second-order valence-electron chi connectivity index (χ2n) is 7.67. The minimum absolute atomic E-state index is 0.185. The normalized spacial score (nSPS) is 20.8. The Balaban J connectivity index is 1.71. The Bertz CT molecular complexity index is 688. The summed E-state index contributed by atoms with van der Waals surface area (Å²) in [6.45, 7) is 4.09. The van der Waals surface area contributed by atoms with Gasteiger partial charge >= 0.3 is 6.03 Å². The van der Waals surface area contributed by atoms with Gasteiger partial charge < -0.3 is 5.32 Å². The lowest BCUT2D eigenvalue weighted by Gasteiger charge is -2.24. The van der Waals surface area contributed by atoms with E-state index in [-0.39, 0.29) is 18.2 Å². The Morgan fingerprint density at radius 3 is 2.31 bits per heavy atom. The van der Waals surface area contributed by atoms with E-state index in [2.05, 4.69) is 19.2 Å². The molecule has 1 N–H and O–H groups in total. The number of hydrogen-bond acceptors (Lipinski definition) is 3. The molecule has 26 heavy (non-hydrogen) atoms. The third-order valence-corrected chi connectivity index (χ3v) is 5.92. The Kier molecular flexibility index (Phi) is 5.44. The van der Waals surface area contributed by atoms with Crippen molar-refractivity contribution in [1.29, 1.82) is 0 Å². The monoisotopic (exact) mass is 356 g/mol. The molecule has 140 valence electrons. The molecule has 1 saturated carbocycles. The number of urea groups is 1. The van der Waals surface area contributed by atoms with Gasteiger partial charge in [-0.05, 0) is 30.7 Å². The maximum atomic E-state index is 12.9. The van der Waals surface area contributed by atoms with E-state index < -0.39 is 11.6 Å². The number of Topliss-reactive ketones (excluding diaryl/α,β-unsaturated/α-hetero) is 1. The molecule has 1 heterocycles. The van der Waals surface area contributed by atoms with E-state index in [1.54, 1.807) is 12.1 Å². The van der Waals surface area contributed by atoms with Crippen LogP contribution in [-0.4, -0.2) is 34.7 Å². The van der Waals surface area contributed by atoms with Crippen LogP contribution in [0, 0.1) is 0 Å². The lowest BCUT2D eigenvalue weighted by Crippen LogP contribution is -2.46. The average molecular weight is 356 g/mol. The molecule has 1 atom stereocenters. The number of benzene rings is 1. The highest BCUT2D eigenvalue weighted by Crippen LogP contribution is 2.32. The SMILES string of the molecule is CCC(C)c1ccc(C(=O)CN2C(=O)NC3(CCCCCC3)C2=O)cc1. The van der Waals surface area contributed by atoms with Crippen molar-refractivity contribution < 1.29 is 14.4 Å². The highest BCUT2D eigenvalue weighted by Gasteiger charge is 2.51. The highest BCUT2D eigenvalue weighted by atomic mass is 16.2. The van der Waals surface area contributed by atoms with Gasteiger partial charge in [-0.2, -0.15) is 0 Å². The van der Waals surface area contributed by atoms with Crippen molar-refractivity contribution in [3.05, 3.63) is 35.4 Å². The van der Waals surface area contributed by atoms with Gasteiger partial charge in [0, 0.05) is 5.56 Å². The number of hydrogen-bond donors (Lipinski definition) is 1. The predicted octanol–water partition coefficient (Wildman–Crippen LogP) is 4.03. The van der Waals surface area contributed by atoms with Gasteiger partial charge in [0.25, 0.3) is 5.91 Å². The lowest BCUT2D eigenvalue weighted by atomic mass is 9.90. The molecule has 2 aliphatic rings. The van der Waals surface area contributed by atoms with E-state index in [1.165, 1.54) is 5.56 Å². The fraction of sp³-hybridized carbons (Fsp3) is 0.571. The van der Waals surface area contributed by atoms with Gasteiger partial charge in [-0.25, -0.2) is 4.79 Å². The summed E-state index contributed by atoms with van der Waals surface area (Å²) in [5.74, 6) is 0.0176. The zero-order chi connectivity index (χ0) is 18.7. The van der Waals surface area contributed by atoms with Gasteiger partial charge in [0.15, 0.2) is 5.78 Å². The Morgan fingerprint density at radius 1 is 1.12 bits per heavy atom. The Morgan fingerprint density at radius 2 is 1.73 bits per heavy atom. The Hall–Kier alpha value is -2.17. The molecule has 1 saturated heterocycles. The molecule has 0 aromatic heterocycles. The first-order valence-corrected chi connectivity index (χ1v) is 9.74. The number of ketones is 1. The zero-order valence-corrected chi connectivity index (χ0v) is 15.7. The molecule has 0 bridgehead atoms. The van der Waals surface area contributed by atoms with Crippen LogP contribution in [0.25, 0.3) is 0 Å². The number of imide groups is 1. The summed E-state index contributed by atoms with van der Waals surface area (Å²) < 4.78 is 0. The molecule has 2 fully saturated rings. The molecular weight excluding hydrogens is 328 g/mol. The summed E-state index contributed by atoms with van der Waals surface area (Å²) in [6.07, 6.45) is 6.43. The van der Waals surface area contributed by atoms with Gasteiger partial charge in [-0.3, -0.25) is 14.5 Å². The van der Waals surface area contributed by atoms with Crippen molar-refractivity contribution in [1.82, 2.24) is 10.2 Å². The average Bonchev–Trinajstić information content (AvgIpc) is 2.82. The van der Waals surface area contributed by atoms with Crippen LogP contribution >= 0.6 is 0 Å². The van der Waals surface area contributed by atoms with E-state index >= 15 is 0 Å². The summed E-state index contributed by atoms with van der Waals surface area (Å²) in [6, 6.07) is 7.08. The van der Waals surface area contributed by atoms with Crippen LogP contribution < -0.4 is 5.32 Å². The van der Waals surface area contributed by atoms with Crippen LogP contribution in [0.1, 0.15) is 80.6 Å². The first kappa shape index (κ1) is 18.6. The topological polar surface area (TPSA) is 66.5 Å². The van der Waals surface area contributed by atoms with E-state index in [9.17, 15) is 14.4 Å². The molecule has 1 aliphatic heterocycles. The molecule has 3 rings (SSSR count). The van der Waals surface area contributed by atoms with Gasteiger partial charge in [0.05, 0.1) is 6.54 Å². The maximum absolute atomic E-state index is 12.9. The van der Waals surface area contributed by atoms with Crippen molar-refractivity contribution in [2.24, 2.45) is 0 Å². The highest BCUT2D eigenvalue weighted by molar-refractivity contribution is 6.11. The van der Waals surface area contributed by atoms with Crippen molar-refractivity contribution in [2.75, 3.05) is 6.54 Å². The second-order valence-corrected chi connectivity index (χ2v) is 7.67. The fourth-order valence-electron chi connectivity index (χ4n) is 3.96. The van der Waals surface area contributed by atoms with Crippen LogP contribution in [0.3, 0.4) is 0 Å². The number of carbonyl (C=O) groups excluding carboxylic acids is 3. The van der Waals surface area contributed by atoms with Crippen molar-refractivity contribution >= 4 is 17.7 Å². The predicted molar refractivity (Wildman–Crippen MR) is 100 cm³/mol. The van der Waals surface area contributed by atoms with Crippen LogP contribution in [-0.2, 0) is 4.79 Å². The number of nitrogens with zero attached hydrogens (tertiary/aromatic N) is 1. The molecule has 5 heteroatoms. The summed E-state index contributed by atoms with van der Waals surface area (Å²) in [4.78, 5) is 39.0. The van der Waals surface area contributed by atoms with Crippen molar-refractivity contribution in [3.63, 3.8) is 0 Å². The van der Waals surface area contributed by atoms with E-state index in [0.717, 1.165) is 37.0 Å². The molecule has 1 aromatic carbocycles. The van der Waals surface area contributed by atoms with Gasteiger partial charge in [0.2, 0.25) is 0 Å². The summed E-state index contributed by atoms with van der Waals surface area (Å²) in [5.41, 5.74) is 0.949. The molecule has 5 nitrogen and oxygen atoms in total. The number of carbonyl (C=O) groups is 3. The molecule has 0 radical (unpaired) electrons. The molecule has 1 aliphatic carbocycles. The minimum atomic E-state index is -0.783. The van der Waals surface area contributed by atoms with Gasteiger partial charge in [0.1, 0.15) is 5.54 Å². The number of rotatable bonds is 5. The molecule has 3 amide bonds. The van der Waals surface area contributed by atoms with E-state index in [1.807, 2.05) is 12.1 Å². The molecule has 1 aromatic rings. The third kappa shape index (κ3) is 3.53. The third-order valence-electron chi connectivity index (χ3n) is 5.92. The van der Waals surface area contributed by atoms with Crippen molar-refractivity contribution in [3.8, 4) is 0 Å². The fourth-order valence-corrected chi connectivity index (χ4v) is 3.96. The van der Waals surface area contributed by atoms with Crippen LogP contribution in [0.15, 0.2) is 24.3 Å². The number of amides is 3. The van der Waals surface area contributed by atoms with Gasteiger partial charge in [-0.15, -0.1) is 0 Å². The summed E-state index contributed by atoms with van der Waals surface area (Å²) in [5, 5.41) is 2.88. The Labute approximate surface area is 155 Å². The second kappa shape index (κ2) is 7.60. The van der Waals surface area contributed by atoms with E-state index in [0.29, 0.717) is 24.3 Å². The maximum Gasteiger partial charge on any atom is 0.325 e. The first-order valence-electron chi connectivity index (χ1n) is 9.74. The quantitative estimate of drug-likeness (QED) is 0.640. The van der Waals surface area contributed by atoms with Crippen LogP contribution in [0.5, 0.6) is 0 Å². The van der Waals surface area contributed by atoms with Crippen molar-refractivity contribution in [2.45, 2.75) is 70.3 Å². The van der Waals surface area contributed by atoms with Crippen LogP contribution in [0.2, 0.25) is 0 Å². The van der Waals surface area contributed by atoms with Crippen LogP contribution in [0.4, 0.5) is 4.79 Å². The smallest absolute Gasteiger partial charge is 0.323 e. The minimum Gasteiger partial charge on any atom is -0.323 e. The summed E-state index contributed by atoms with van der Waals surface area (Å²) in [7, 11) is 0. The standard InChI is InChI=1S/C21H28N2O3/c1-3-15(2)16-8-10-17(11-9-16)18(24)14-23-19(25)21(22-20(23)26)12-6-4-5-7-13-21/h8-11,15H,3-7,12-14H2,1-2H3,(H,22,26). The zero-order valence-electron chi connectivity index (χ0n) is 15.7. The van der Waals surface area contributed by atoms with Gasteiger partial charge in [-0.1, -0.05) is 63.8 Å². The molecule has 1 spiro atoms. The lowest BCUT2D eigenvalue weighted by molar-refractivity contribution is -0.131. The largest absolute Gasteiger partial charge is 0.325 e. The first-order chi connectivity index (χ1) is 12.5. The summed E-state index contributed by atoms with van der Waals surface area (Å²) >= 11 is 0. The van der Waals surface area contributed by atoms with E-state index in [4.69, 9.17) is 0 Å². The molecular formula is C21H28N2O3.